The monoisotopic (exact) mass is 301 g/mol. The van der Waals surface area contributed by atoms with Crippen molar-refractivity contribution in [1.82, 2.24) is 5.32 Å². The minimum absolute atomic E-state index is 0.110. The van der Waals surface area contributed by atoms with Gasteiger partial charge >= 0.3 is 0 Å². The van der Waals surface area contributed by atoms with Crippen molar-refractivity contribution >= 4 is 0 Å². The second-order valence-corrected chi connectivity index (χ2v) is 6.55. The molecule has 4 nitrogen and oxygen atoms in total. The molecule has 1 heterocycles. The number of ether oxygens (including phenoxy) is 2. The molecule has 1 saturated heterocycles. The van der Waals surface area contributed by atoms with Gasteiger partial charge < -0.3 is 19.9 Å². The van der Waals surface area contributed by atoms with Crippen molar-refractivity contribution in [2.45, 2.75) is 76.9 Å². The Kier molecular flexibility index (Phi) is 10.3. The second-order valence-electron chi connectivity index (χ2n) is 6.55. The van der Waals surface area contributed by atoms with E-state index in [-0.39, 0.29) is 5.54 Å². The van der Waals surface area contributed by atoms with Crippen molar-refractivity contribution < 1.29 is 14.6 Å². The highest BCUT2D eigenvalue weighted by molar-refractivity contribution is 4.86. The van der Waals surface area contributed by atoms with Gasteiger partial charge in [0, 0.05) is 31.9 Å². The van der Waals surface area contributed by atoms with Crippen LogP contribution in [0.3, 0.4) is 0 Å². The Hall–Kier alpha value is -0.160. The zero-order valence-electron chi connectivity index (χ0n) is 14.0. The Morgan fingerprint density at radius 1 is 1.14 bits per heavy atom. The highest BCUT2D eigenvalue weighted by Crippen LogP contribution is 2.19. The van der Waals surface area contributed by atoms with E-state index in [1.165, 1.54) is 32.1 Å². The first-order chi connectivity index (χ1) is 10.2. The van der Waals surface area contributed by atoms with E-state index in [1.807, 2.05) is 0 Å². The predicted octanol–water partition coefficient (Wildman–Crippen LogP) is 2.88. The van der Waals surface area contributed by atoms with Crippen LogP contribution in [0.1, 0.15) is 65.2 Å². The van der Waals surface area contributed by atoms with E-state index in [4.69, 9.17) is 9.47 Å². The van der Waals surface area contributed by atoms with Gasteiger partial charge in [0.25, 0.3) is 0 Å². The summed E-state index contributed by atoms with van der Waals surface area (Å²) in [5.74, 6) is 0. The van der Waals surface area contributed by atoms with Gasteiger partial charge in [-0.1, -0.05) is 39.0 Å². The van der Waals surface area contributed by atoms with Gasteiger partial charge in [0.2, 0.25) is 0 Å². The van der Waals surface area contributed by atoms with Gasteiger partial charge in [-0.05, 0) is 26.2 Å². The predicted molar refractivity (Wildman–Crippen MR) is 86.7 cm³/mol. The summed E-state index contributed by atoms with van der Waals surface area (Å²) >= 11 is 0. The van der Waals surface area contributed by atoms with Crippen LogP contribution in [0.5, 0.6) is 0 Å². The van der Waals surface area contributed by atoms with Crippen molar-refractivity contribution in [2.24, 2.45) is 0 Å². The average molecular weight is 301 g/mol. The van der Waals surface area contributed by atoms with E-state index in [0.29, 0.717) is 13.2 Å². The van der Waals surface area contributed by atoms with Gasteiger partial charge in [-0.3, -0.25) is 0 Å². The van der Waals surface area contributed by atoms with Crippen LogP contribution in [-0.2, 0) is 9.47 Å². The lowest BCUT2D eigenvalue weighted by Gasteiger charge is -2.35. The second kappa shape index (κ2) is 11.4. The Labute approximate surface area is 130 Å². The van der Waals surface area contributed by atoms with Gasteiger partial charge in [-0.2, -0.15) is 0 Å². The SMILES string of the molecule is CCCCCCCCOCC(O)CNC1(C)CCOCC1. The number of hydrogen-bond donors (Lipinski definition) is 2. The molecule has 0 aromatic rings. The molecule has 0 aromatic heterocycles. The molecule has 0 bridgehead atoms. The number of β-amino-alcohol motifs (C(OH)–C–C–N with tert-alkyl or cyclic N) is 1. The molecule has 0 radical (unpaired) electrons. The molecule has 4 heteroatoms. The quantitative estimate of drug-likeness (QED) is 0.544. The first-order valence-corrected chi connectivity index (χ1v) is 8.75. The zero-order valence-corrected chi connectivity index (χ0v) is 14.0. The van der Waals surface area contributed by atoms with Crippen molar-refractivity contribution in [3.05, 3.63) is 0 Å². The maximum Gasteiger partial charge on any atom is 0.0897 e. The van der Waals surface area contributed by atoms with Crippen LogP contribution in [0.2, 0.25) is 0 Å². The van der Waals surface area contributed by atoms with Crippen LogP contribution in [0.4, 0.5) is 0 Å². The average Bonchev–Trinajstić information content (AvgIpc) is 2.49. The first-order valence-electron chi connectivity index (χ1n) is 8.75. The number of aliphatic hydroxyl groups excluding tert-OH is 1. The summed E-state index contributed by atoms with van der Waals surface area (Å²) < 4.78 is 10.9. The summed E-state index contributed by atoms with van der Waals surface area (Å²) in [4.78, 5) is 0. The Morgan fingerprint density at radius 3 is 2.52 bits per heavy atom. The van der Waals surface area contributed by atoms with E-state index in [0.717, 1.165) is 39.1 Å². The van der Waals surface area contributed by atoms with Gasteiger partial charge in [0.1, 0.15) is 0 Å². The first kappa shape index (κ1) is 18.9. The fourth-order valence-corrected chi connectivity index (χ4v) is 2.63. The molecule has 126 valence electrons. The minimum Gasteiger partial charge on any atom is -0.389 e. The van der Waals surface area contributed by atoms with E-state index in [2.05, 4.69) is 19.2 Å². The van der Waals surface area contributed by atoms with Gasteiger partial charge in [0.05, 0.1) is 12.7 Å². The molecule has 0 amide bonds. The van der Waals surface area contributed by atoms with Crippen LogP contribution in [0.15, 0.2) is 0 Å². The highest BCUT2D eigenvalue weighted by atomic mass is 16.5. The van der Waals surface area contributed by atoms with Crippen LogP contribution in [0, 0.1) is 0 Å². The topological polar surface area (TPSA) is 50.7 Å². The van der Waals surface area contributed by atoms with Crippen molar-refractivity contribution in [2.75, 3.05) is 33.0 Å². The lowest BCUT2D eigenvalue weighted by Crippen LogP contribution is -2.49. The Morgan fingerprint density at radius 2 is 1.81 bits per heavy atom. The molecule has 21 heavy (non-hydrogen) atoms. The standard InChI is InChI=1S/C17H35NO3/c1-3-4-5-6-7-8-11-21-15-16(19)14-18-17(2)9-12-20-13-10-17/h16,18-19H,3-15H2,1-2H3. The Bertz CT molecular complexity index is 242. The molecule has 0 saturated carbocycles. The summed E-state index contributed by atoms with van der Waals surface area (Å²) in [6.07, 6.45) is 9.25. The lowest BCUT2D eigenvalue weighted by molar-refractivity contribution is 0.0155. The van der Waals surface area contributed by atoms with Gasteiger partial charge in [0.15, 0.2) is 0 Å². The van der Waals surface area contributed by atoms with E-state index in [1.54, 1.807) is 0 Å². The zero-order chi connectivity index (χ0) is 15.4. The molecule has 1 fully saturated rings. The normalized spacial score (nSPS) is 19.6. The molecule has 0 spiro atoms. The van der Waals surface area contributed by atoms with Crippen molar-refractivity contribution in [3.8, 4) is 0 Å². The molecule has 2 N–H and O–H groups in total. The molecule has 1 aliphatic heterocycles. The third kappa shape index (κ3) is 9.46. The third-order valence-corrected chi connectivity index (χ3v) is 4.31. The van der Waals surface area contributed by atoms with E-state index >= 15 is 0 Å². The van der Waals surface area contributed by atoms with Crippen molar-refractivity contribution in [3.63, 3.8) is 0 Å². The number of hydrogen-bond acceptors (Lipinski definition) is 4. The lowest BCUT2D eigenvalue weighted by atomic mass is 9.92. The molecular formula is C17H35NO3. The van der Waals surface area contributed by atoms with Crippen molar-refractivity contribution in [1.29, 1.82) is 0 Å². The van der Waals surface area contributed by atoms with Gasteiger partial charge in [-0.25, -0.2) is 0 Å². The third-order valence-electron chi connectivity index (χ3n) is 4.31. The molecule has 1 aliphatic rings. The fraction of sp³-hybridized carbons (Fsp3) is 1.00. The fourth-order valence-electron chi connectivity index (χ4n) is 2.63. The maximum absolute atomic E-state index is 9.95. The van der Waals surface area contributed by atoms with E-state index < -0.39 is 6.10 Å². The number of aliphatic hydroxyl groups is 1. The summed E-state index contributed by atoms with van der Waals surface area (Å²) in [6, 6.07) is 0. The molecule has 1 rings (SSSR count). The maximum atomic E-state index is 9.95. The molecule has 0 aliphatic carbocycles. The van der Waals surface area contributed by atoms with Crippen LogP contribution in [0.25, 0.3) is 0 Å². The van der Waals surface area contributed by atoms with Gasteiger partial charge in [-0.15, -0.1) is 0 Å². The summed E-state index contributed by atoms with van der Waals surface area (Å²) in [5, 5.41) is 13.4. The summed E-state index contributed by atoms with van der Waals surface area (Å²) in [7, 11) is 0. The molecule has 1 unspecified atom stereocenters. The molecular weight excluding hydrogens is 266 g/mol. The number of rotatable bonds is 12. The van der Waals surface area contributed by atoms with E-state index in [9.17, 15) is 5.11 Å². The number of unbranched alkanes of at least 4 members (excludes halogenated alkanes) is 5. The summed E-state index contributed by atoms with van der Waals surface area (Å²) in [6.45, 7) is 7.89. The van der Waals surface area contributed by atoms with Crippen LogP contribution in [-0.4, -0.2) is 49.7 Å². The molecule has 0 aromatic carbocycles. The van der Waals surface area contributed by atoms with Crippen LogP contribution >= 0.6 is 0 Å². The summed E-state index contributed by atoms with van der Waals surface area (Å²) in [5.41, 5.74) is 0.110. The van der Waals surface area contributed by atoms with Crippen LogP contribution < -0.4 is 5.32 Å². The smallest absolute Gasteiger partial charge is 0.0897 e. The highest BCUT2D eigenvalue weighted by Gasteiger charge is 2.27. The minimum atomic E-state index is -0.412. The largest absolute Gasteiger partial charge is 0.389 e. The Balaban J connectivity index is 1.92. The number of nitrogens with one attached hydrogen (secondary N) is 1. The molecule has 1 atom stereocenters.